The van der Waals surface area contributed by atoms with Crippen LogP contribution in [0, 0.1) is 0 Å². The molecule has 0 aliphatic carbocycles. The maximum atomic E-state index is 12.2. The van der Waals surface area contributed by atoms with Crippen LogP contribution in [0.5, 0.6) is 0 Å². The average molecular weight is 405 g/mol. The molecule has 1 fully saturated rings. The van der Waals surface area contributed by atoms with Gasteiger partial charge in [0, 0.05) is 29.5 Å². The van der Waals surface area contributed by atoms with Gasteiger partial charge in [-0.15, -0.1) is 0 Å². The van der Waals surface area contributed by atoms with Gasteiger partial charge in [-0.2, -0.15) is 0 Å². The first-order valence-electron chi connectivity index (χ1n) is 7.10. The minimum atomic E-state index is -3.08. The summed E-state index contributed by atoms with van der Waals surface area (Å²) in [6.45, 7) is 1.72. The Labute approximate surface area is 143 Å². The van der Waals surface area contributed by atoms with Crippen molar-refractivity contribution in [3.63, 3.8) is 0 Å². The molecule has 126 valence electrons. The van der Waals surface area contributed by atoms with E-state index < -0.39 is 28.3 Å². The molecule has 1 aromatic rings. The molecule has 0 saturated carbocycles. The number of aromatic nitrogens is 1. The van der Waals surface area contributed by atoms with Gasteiger partial charge >= 0.3 is 5.97 Å². The second-order valence-electron chi connectivity index (χ2n) is 5.20. The Bertz CT molecular complexity index is 707. The van der Waals surface area contributed by atoms with E-state index in [1.54, 1.807) is 13.0 Å². The van der Waals surface area contributed by atoms with Crippen LogP contribution in [-0.4, -0.2) is 60.9 Å². The van der Waals surface area contributed by atoms with Crippen LogP contribution in [0.25, 0.3) is 0 Å². The zero-order valence-corrected chi connectivity index (χ0v) is 15.0. The highest BCUT2D eigenvalue weighted by Crippen LogP contribution is 2.18. The van der Waals surface area contributed by atoms with Crippen molar-refractivity contribution in [1.82, 2.24) is 9.88 Å². The van der Waals surface area contributed by atoms with Gasteiger partial charge in [0.1, 0.15) is 0 Å². The van der Waals surface area contributed by atoms with Crippen molar-refractivity contribution in [2.45, 2.75) is 19.4 Å². The van der Waals surface area contributed by atoms with E-state index >= 15 is 0 Å². The van der Waals surface area contributed by atoms with Crippen LogP contribution < -0.4 is 0 Å². The number of hydrogen-bond donors (Lipinski definition) is 0. The van der Waals surface area contributed by atoms with Crippen molar-refractivity contribution in [2.24, 2.45) is 0 Å². The van der Waals surface area contributed by atoms with Crippen LogP contribution >= 0.6 is 15.9 Å². The number of carbonyl (C=O) groups excluding carboxylic acids is 2. The highest BCUT2D eigenvalue weighted by atomic mass is 79.9. The molecule has 0 radical (unpaired) electrons. The Morgan fingerprint density at radius 3 is 2.74 bits per heavy atom. The second-order valence-corrected chi connectivity index (χ2v) is 8.35. The normalized spacial score (nSPS) is 19.3. The zero-order chi connectivity index (χ0) is 17.0. The van der Waals surface area contributed by atoms with Crippen molar-refractivity contribution >= 4 is 37.6 Å². The molecule has 2 rings (SSSR count). The number of halogens is 1. The third-order valence-electron chi connectivity index (χ3n) is 3.58. The summed E-state index contributed by atoms with van der Waals surface area (Å²) < 4.78 is 28.7. The minimum absolute atomic E-state index is 0.0317. The molecule has 1 aliphatic heterocycles. The Morgan fingerprint density at radius 2 is 2.17 bits per heavy atom. The number of rotatable bonds is 5. The molecule has 0 bridgehead atoms. The third-order valence-corrected chi connectivity index (χ3v) is 5.76. The van der Waals surface area contributed by atoms with Crippen molar-refractivity contribution in [3.8, 4) is 0 Å². The molecule has 7 nitrogen and oxygen atoms in total. The summed E-state index contributed by atoms with van der Waals surface area (Å²) in [4.78, 5) is 29.4. The maximum Gasteiger partial charge on any atom is 0.340 e. The molecule has 1 atom stereocenters. The van der Waals surface area contributed by atoms with E-state index in [4.69, 9.17) is 4.74 Å². The van der Waals surface area contributed by atoms with Gasteiger partial charge in [0.25, 0.3) is 5.91 Å². The van der Waals surface area contributed by atoms with Crippen molar-refractivity contribution in [3.05, 3.63) is 28.5 Å². The fourth-order valence-electron chi connectivity index (χ4n) is 2.48. The van der Waals surface area contributed by atoms with E-state index in [0.717, 1.165) is 0 Å². The Balaban J connectivity index is 1.94. The first-order chi connectivity index (χ1) is 10.8. The van der Waals surface area contributed by atoms with Crippen LogP contribution in [0.2, 0.25) is 0 Å². The first kappa shape index (κ1) is 17.9. The monoisotopic (exact) mass is 404 g/mol. The lowest BCUT2D eigenvalue weighted by Gasteiger charge is -2.26. The van der Waals surface area contributed by atoms with Gasteiger partial charge in [-0.05, 0) is 35.3 Å². The summed E-state index contributed by atoms with van der Waals surface area (Å²) in [7, 11) is -3.08. The molecule has 1 saturated heterocycles. The molecule has 0 unspecified atom stereocenters. The zero-order valence-electron chi connectivity index (χ0n) is 12.6. The Hall–Kier alpha value is -1.48. The second kappa shape index (κ2) is 7.39. The maximum absolute atomic E-state index is 12.2. The van der Waals surface area contributed by atoms with Crippen LogP contribution in [0.1, 0.15) is 23.7 Å². The molecule has 9 heteroatoms. The van der Waals surface area contributed by atoms with Crippen molar-refractivity contribution < 1.29 is 22.7 Å². The van der Waals surface area contributed by atoms with Gasteiger partial charge in [0.2, 0.25) is 0 Å². The number of likely N-dealkylation sites (N-methyl/N-ethyl adjacent to an activating group) is 1. The van der Waals surface area contributed by atoms with E-state index in [1.807, 2.05) is 0 Å². The van der Waals surface area contributed by atoms with Gasteiger partial charge in [0.15, 0.2) is 16.4 Å². The van der Waals surface area contributed by atoms with Crippen LogP contribution in [0.4, 0.5) is 0 Å². The fourth-order valence-corrected chi connectivity index (χ4v) is 4.57. The molecule has 2 heterocycles. The van der Waals surface area contributed by atoms with Crippen LogP contribution in [0.15, 0.2) is 22.9 Å². The summed E-state index contributed by atoms with van der Waals surface area (Å²) in [6.07, 6.45) is 3.30. The largest absolute Gasteiger partial charge is 0.452 e. The van der Waals surface area contributed by atoms with Crippen molar-refractivity contribution in [2.75, 3.05) is 24.7 Å². The highest BCUT2D eigenvalue weighted by molar-refractivity contribution is 9.10. The number of ether oxygens (including phenoxy) is 1. The summed E-state index contributed by atoms with van der Waals surface area (Å²) in [5.41, 5.74) is 0.235. The number of pyridine rings is 1. The summed E-state index contributed by atoms with van der Waals surface area (Å²) in [5.74, 6) is -0.991. The quantitative estimate of drug-likeness (QED) is 0.680. The standard InChI is InChI=1S/C14H17BrN2O5S/c1-2-17(12-3-4-23(20,21)9-12)13(18)8-22-14(19)10-5-11(15)7-16-6-10/h5-7,12H,2-4,8-9H2,1H3/t12-/m0/s1. The van der Waals surface area contributed by atoms with Crippen LogP contribution in [-0.2, 0) is 19.4 Å². The Kier molecular flexibility index (Phi) is 5.74. The number of sulfone groups is 1. The third kappa shape index (κ3) is 4.74. The molecule has 0 N–H and O–H groups in total. The van der Waals surface area contributed by atoms with E-state index in [2.05, 4.69) is 20.9 Å². The molecular formula is C14H17BrN2O5S. The highest BCUT2D eigenvalue weighted by Gasteiger charge is 2.34. The number of hydrogen-bond acceptors (Lipinski definition) is 6. The van der Waals surface area contributed by atoms with Crippen LogP contribution in [0.3, 0.4) is 0 Å². The molecule has 0 aromatic carbocycles. The molecule has 1 aromatic heterocycles. The Morgan fingerprint density at radius 1 is 1.43 bits per heavy atom. The summed E-state index contributed by atoms with van der Waals surface area (Å²) >= 11 is 3.20. The number of nitrogens with zero attached hydrogens (tertiary/aromatic N) is 2. The fraction of sp³-hybridized carbons (Fsp3) is 0.500. The average Bonchev–Trinajstić information content (AvgIpc) is 2.85. The molecular weight excluding hydrogens is 388 g/mol. The predicted octanol–water partition coefficient (Wildman–Crippen LogP) is 1.04. The SMILES string of the molecule is CCN(C(=O)COC(=O)c1cncc(Br)c1)[C@H]1CCS(=O)(=O)C1. The van der Waals surface area contributed by atoms with E-state index in [1.165, 1.54) is 17.3 Å². The van der Waals surface area contributed by atoms with E-state index in [-0.39, 0.29) is 23.1 Å². The van der Waals surface area contributed by atoms with Gasteiger partial charge < -0.3 is 9.64 Å². The molecule has 23 heavy (non-hydrogen) atoms. The lowest BCUT2D eigenvalue weighted by Crippen LogP contribution is -2.43. The predicted molar refractivity (Wildman–Crippen MR) is 86.7 cm³/mol. The lowest BCUT2D eigenvalue weighted by atomic mass is 10.2. The van der Waals surface area contributed by atoms with E-state index in [9.17, 15) is 18.0 Å². The number of amides is 1. The smallest absolute Gasteiger partial charge is 0.340 e. The van der Waals surface area contributed by atoms with Crippen molar-refractivity contribution in [1.29, 1.82) is 0 Å². The number of esters is 1. The summed E-state index contributed by atoms with van der Waals surface area (Å²) in [6, 6.07) is 1.20. The molecule has 1 amide bonds. The van der Waals surface area contributed by atoms with Gasteiger partial charge in [0.05, 0.1) is 17.1 Å². The first-order valence-corrected chi connectivity index (χ1v) is 9.71. The van der Waals surface area contributed by atoms with E-state index in [0.29, 0.717) is 17.4 Å². The van der Waals surface area contributed by atoms with Gasteiger partial charge in [-0.3, -0.25) is 9.78 Å². The molecule has 0 spiro atoms. The lowest BCUT2D eigenvalue weighted by molar-refractivity contribution is -0.136. The topological polar surface area (TPSA) is 93.6 Å². The summed E-state index contributed by atoms with van der Waals surface area (Å²) in [5, 5.41) is 0. The minimum Gasteiger partial charge on any atom is -0.452 e. The molecule has 1 aliphatic rings. The van der Waals surface area contributed by atoms with Gasteiger partial charge in [-0.1, -0.05) is 0 Å². The van der Waals surface area contributed by atoms with Gasteiger partial charge in [-0.25, -0.2) is 13.2 Å². The number of carbonyl (C=O) groups is 2.